The molecule has 0 spiro atoms. The molecule has 2 aliphatic rings. The fraction of sp³-hybridized carbons (Fsp3) is 0.583. The molecule has 0 N–H and O–H groups in total. The smallest absolute Gasteiger partial charge is 0.253 e. The van der Waals surface area contributed by atoms with E-state index in [4.69, 9.17) is 16.3 Å². The van der Waals surface area contributed by atoms with Crippen molar-refractivity contribution in [1.29, 1.82) is 0 Å². The van der Waals surface area contributed by atoms with Gasteiger partial charge in [-0.15, -0.1) is 11.3 Å². The fourth-order valence-electron chi connectivity index (χ4n) is 2.77. The minimum atomic E-state index is 0.0356. The molecule has 0 bridgehead atoms. The van der Waals surface area contributed by atoms with Gasteiger partial charge in [0.15, 0.2) is 0 Å². The van der Waals surface area contributed by atoms with Crippen LogP contribution in [-0.4, -0.2) is 24.7 Å². The van der Waals surface area contributed by atoms with Crippen LogP contribution in [0.3, 0.4) is 0 Å². The molecule has 1 aromatic rings. The first-order chi connectivity index (χ1) is 8.27. The van der Waals surface area contributed by atoms with Crippen molar-refractivity contribution >= 4 is 34.5 Å². The zero-order valence-electron chi connectivity index (χ0n) is 9.39. The molecular formula is C12H14ClNO2S. The normalized spacial score (nSPS) is 29.2. The summed E-state index contributed by atoms with van der Waals surface area (Å²) in [6, 6.07) is 2.11. The molecule has 1 saturated heterocycles. The summed E-state index contributed by atoms with van der Waals surface area (Å²) in [4.78, 5) is 13.9. The lowest BCUT2D eigenvalue weighted by Gasteiger charge is -2.43. The van der Waals surface area contributed by atoms with Crippen LogP contribution in [0.2, 0.25) is 4.34 Å². The van der Waals surface area contributed by atoms with Crippen LogP contribution < -0.4 is 4.90 Å². The summed E-state index contributed by atoms with van der Waals surface area (Å²) in [5, 5.41) is 1.93. The van der Waals surface area contributed by atoms with Crippen LogP contribution >= 0.6 is 22.9 Å². The highest BCUT2D eigenvalue weighted by Crippen LogP contribution is 2.38. The topological polar surface area (TPSA) is 29.5 Å². The number of hydrogen-bond acceptors (Lipinski definition) is 3. The highest BCUT2D eigenvalue weighted by molar-refractivity contribution is 7.15. The predicted octanol–water partition coefficient (Wildman–Crippen LogP) is 3.08. The van der Waals surface area contributed by atoms with E-state index in [1.165, 1.54) is 17.8 Å². The Morgan fingerprint density at radius 1 is 1.41 bits per heavy atom. The zero-order chi connectivity index (χ0) is 11.8. The van der Waals surface area contributed by atoms with Gasteiger partial charge in [-0.25, -0.2) is 0 Å². The Morgan fingerprint density at radius 3 is 3.00 bits per heavy atom. The fourth-order valence-corrected chi connectivity index (χ4v) is 3.68. The Bertz CT molecular complexity index is 434. The van der Waals surface area contributed by atoms with Gasteiger partial charge < -0.3 is 9.64 Å². The Labute approximate surface area is 109 Å². The number of ether oxygens (including phenoxy) is 1. The highest BCUT2D eigenvalue weighted by atomic mass is 35.5. The van der Waals surface area contributed by atoms with Crippen LogP contribution in [0.15, 0.2) is 11.4 Å². The lowest BCUT2D eigenvalue weighted by atomic mass is 9.90. The number of carbonyl (C=O) groups is 1. The monoisotopic (exact) mass is 271 g/mol. The molecule has 0 aromatic carbocycles. The van der Waals surface area contributed by atoms with E-state index in [1.54, 1.807) is 0 Å². The first-order valence-electron chi connectivity index (χ1n) is 5.94. The van der Waals surface area contributed by atoms with Gasteiger partial charge in [-0.2, -0.15) is 0 Å². The summed E-state index contributed by atoms with van der Waals surface area (Å²) in [6.45, 7) is 0.188. The van der Waals surface area contributed by atoms with Gasteiger partial charge in [-0.05, 0) is 24.3 Å². The van der Waals surface area contributed by atoms with E-state index >= 15 is 0 Å². The standard InChI is InChI=1S/C12H14ClNO2S/c13-12-9(5-6-17-12)14-8-3-1-2-4-10(8)16-7-11(14)15/h5-6,8,10H,1-4,7H2/t8-,10-/m1/s1. The number of fused-ring (bicyclic) bond motifs is 1. The molecule has 3 nitrogen and oxygen atoms in total. The summed E-state index contributed by atoms with van der Waals surface area (Å²) in [6.07, 6.45) is 4.62. The van der Waals surface area contributed by atoms with Crippen LogP contribution in [0.4, 0.5) is 5.69 Å². The molecule has 1 aliphatic carbocycles. The molecule has 1 amide bonds. The number of halogens is 1. The third-order valence-corrected chi connectivity index (χ3v) is 4.70. The second-order valence-corrected chi connectivity index (χ2v) is 6.06. The van der Waals surface area contributed by atoms with Crippen molar-refractivity contribution in [3.05, 3.63) is 15.8 Å². The molecular weight excluding hydrogens is 258 g/mol. The summed E-state index contributed by atoms with van der Waals surface area (Å²) in [5.41, 5.74) is 0.863. The number of amides is 1. The number of carbonyl (C=O) groups excluding carboxylic acids is 1. The Balaban J connectivity index is 1.94. The average molecular weight is 272 g/mol. The maximum Gasteiger partial charge on any atom is 0.253 e. The van der Waals surface area contributed by atoms with Gasteiger partial charge in [0.2, 0.25) is 0 Å². The summed E-state index contributed by atoms with van der Waals surface area (Å²) in [7, 11) is 0. The third kappa shape index (κ3) is 1.98. The van der Waals surface area contributed by atoms with E-state index in [0.29, 0.717) is 4.34 Å². The molecule has 1 saturated carbocycles. The number of hydrogen-bond donors (Lipinski definition) is 0. The molecule has 1 aliphatic heterocycles. The molecule has 1 aromatic heterocycles. The number of thiophene rings is 1. The molecule has 2 atom stereocenters. The Morgan fingerprint density at radius 2 is 2.24 bits per heavy atom. The second kappa shape index (κ2) is 4.59. The minimum absolute atomic E-state index is 0.0356. The number of rotatable bonds is 1. The van der Waals surface area contributed by atoms with Gasteiger partial charge in [-0.3, -0.25) is 4.79 Å². The molecule has 92 valence electrons. The minimum Gasteiger partial charge on any atom is -0.366 e. The maximum atomic E-state index is 12.0. The molecule has 3 rings (SSSR count). The maximum absolute atomic E-state index is 12.0. The van der Waals surface area contributed by atoms with Crippen LogP contribution in [-0.2, 0) is 9.53 Å². The number of anilines is 1. The van der Waals surface area contributed by atoms with Gasteiger partial charge in [0.05, 0.1) is 17.8 Å². The van der Waals surface area contributed by atoms with Crippen molar-refractivity contribution < 1.29 is 9.53 Å². The van der Waals surface area contributed by atoms with E-state index in [0.717, 1.165) is 24.9 Å². The highest BCUT2D eigenvalue weighted by Gasteiger charge is 2.39. The third-order valence-electron chi connectivity index (χ3n) is 3.55. The SMILES string of the molecule is O=C1CO[C@@H]2CCCC[C@H]2N1c1ccsc1Cl. The average Bonchev–Trinajstić information content (AvgIpc) is 2.75. The van der Waals surface area contributed by atoms with E-state index in [1.807, 2.05) is 16.3 Å². The van der Waals surface area contributed by atoms with Crippen molar-refractivity contribution in [2.24, 2.45) is 0 Å². The quantitative estimate of drug-likeness (QED) is 0.786. The zero-order valence-corrected chi connectivity index (χ0v) is 11.0. The van der Waals surface area contributed by atoms with E-state index < -0.39 is 0 Å². The van der Waals surface area contributed by atoms with Crippen LogP contribution in [0.25, 0.3) is 0 Å². The second-order valence-electron chi connectivity index (χ2n) is 4.54. The van der Waals surface area contributed by atoms with Crippen LogP contribution in [0.5, 0.6) is 0 Å². The van der Waals surface area contributed by atoms with Crippen molar-refractivity contribution in [3.8, 4) is 0 Å². The predicted molar refractivity (Wildman–Crippen MR) is 68.8 cm³/mol. The molecule has 2 heterocycles. The van der Waals surface area contributed by atoms with Gasteiger partial charge in [-0.1, -0.05) is 24.4 Å². The number of nitrogens with zero attached hydrogens (tertiary/aromatic N) is 1. The van der Waals surface area contributed by atoms with Crippen molar-refractivity contribution in [3.63, 3.8) is 0 Å². The lowest BCUT2D eigenvalue weighted by Crippen LogP contribution is -2.55. The van der Waals surface area contributed by atoms with Crippen LogP contribution in [0, 0.1) is 0 Å². The van der Waals surface area contributed by atoms with E-state index in [9.17, 15) is 4.79 Å². The number of morpholine rings is 1. The molecule has 0 radical (unpaired) electrons. The lowest BCUT2D eigenvalue weighted by molar-refractivity contribution is -0.133. The first-order valence-corrected chi connectivity index (χ1v) is 7.20. The van der Waals surface area contributed by atoms with Gasteiger partial charge in [0.1, 0.15) is 10.9 Å². The van der Waals surface area contributed by atoms with Gasteiger partial charge >= 0.3 is 0 Å². The van der Waals surface area contributed by atoms with Crippen molar-refractivity contribution in [1.82, 2.24) is 0 Å². The van der Waals surface area contributed by atoms with Crippen LogP contribution in [0.1, 0.15) is 25.7 Å². The largest absolute Gasteiger partial charge is 0.366 e. The van der Waals surface area contributed by atoms with Crippen molar-refractivity contribution in [2.45, 2.75) is 37.8 Å². The first kappa shape index (κ1) is 11.5. The summed E-state index contributed by atoms with van der Waals surface area (Å²) in [5.74, 6) is 0.0356. The molecule has 5 heteroatoms. The van der Waals surface area contributed by atoms with E-state index in [2.05, 4.69) is 0 Å². The van der Waals surface area contributed by atoms with Gasteiger partial charge in [0, 0.05) is 0 Å². The molecule has 17 heavy (non-hydrogen) atoms. The Hall–Kier alpha value is -0.580. The Kier molecular flexibility index (Phi) is 3.11. The summed E-state index contributed by atoms with van der Waals surface area (Å²) < 4.78 is 6.33. The summed E-state index contributed by atoms with van der Waals surface area (Å²) >= 11 is 7.62. The molecule has 2 fully saturated rings. The van der Waals surface area contributed by atoms with E-state index in [-0.39, 0.29) is 24.7 Å². The van der Waals surface area contributed by atoms with Gasteiger partial charge in [0.25, 0.3) is 5.91 Å². The molecule has 0 unspecified atom stereocenters. The van der Waals surface area contributed by atoms with Crippen molar-refractivity contribution in [2.75, 3.05) is 11.5 Å².